The van der Waals surface area contributed by atoms with Gasteiger partial charge in [0.2, 0.25) is 5.91 Å². The number of amides is 1. The Hall–Kier alpha value is -2.97. The summed E-state index contributed by atoms with van der Waals surface area (Å²) in [4.78, 5) is 47.7. The topological polar surface area (TPSA) is 118 Å². The first-order valence-electron chi connectivity index (χ1n) is 5.88. The summed E-state index contributed by atoms with van der Waals surface area (Å²) < 4.78 is 0.779. The van der Waals surface area contributed by atoms with Gasteiger partial charge in [-0.2, -0.15) is 0 Å². The Bertz CT molecular complexity index is 678. The number of nitrogens with one attached hydrogen (secondary N) is 1. The summed E-state index contributed by atoms with van der Waals surface area (Å²) in [5, 5.41) is 10.7. The van der Waals surface area contributed by atoms with Crippen LogP contribution in [-0.2, 0) is 11.3 Å². The molecule has 0 radical (unpaired) electrons. The summed E-state index contributed by atoms with van der Waals surface area (Å²) in [6.07, 6.45) is 3.75. The lowest BCUT2D eigenvalue weighted by Gasteiger charge is -2.19. The van der Waals surface area contributed by atoms with Crippen LogP contribution in [0.1, 0.15) is 0 Å². The Morgan fingerprint density at radius 2 is 1.95 bits per heavy atom. The minimum Gasteiger partial charge on any atom is -0.334 e. The van der Waals surface area contributed by atoms with Crippen LogP contribution >= 0.6 is 0 Å². The third-order valence-electron chi connectivity index (χ3n) is 2.55. The van der Waals surface area contributed by atoms with Crippen molar-refractivity contribution in [3.8, 4) is 0 Å². The first-order chi connectivity index (χ1) is 9.90. The zero-order valence-electron chi connectivity index (χ0n) is 11.2. The SMILES string of the molecule is C=CCN(CC=C)C(=O)Cn1cc([N+](=O)[O-])c(=O)[nH]c1=O. The van der Waals surface area contributed by atoms with E-state index in [0.717, 1.165) is 10.8 Å². The molecule has 0 aromatic carbocycles. The summed E-state index contributed by atoms with van der Waals surface area (Å²) in [6.45, 7) is 7.06. The minimum absolute atomic E-state index is 0.241. The molecule has 1 amide bonds. The van der Waals surface area contributed by atoms with E-state index in [0.29, 0.717) is 0 Å². The molecule has 0 saturated carbocycles. The monoisotopic (exact) mass is 294 g/mol. The molecular weight excluding hydrogens is 280 g/mol. The molecule has 0 bridgehead atoms. The maximum absolute atomic E-state index is 12.0. The smallest absolute Gasteiger partial charge is 0.334 e. The van der Waals surface area contributed by atoms with Gasteiger partial charge < -0.3 is 4.90 Å². The van der Waals surface area contributed by atoms with E-state index in [1.165, 1.54) is 17.1 Å². The molecule has 0 saturated heterocycles. The van der Waals surface area contributed by atoms with Gasteiger partial charge in [-0.3, -0.25) is 29.3 Å². The first-order valence-corrected chi connectivity index (χ1v) is 5.88. The average molecular weight is 294 g/mol. The van der Waals surface area contributed by atoms with Gasteiger partial charge in [0.05, 0.1) is 11.1 Å². The van der Waals surface area contributed by atoms with Crippen LogP contribution in [0.3, 0.4) is 0 Å². The summed E-state index contributed by atoms with van der Waals surface area (Å²) in [5.74, 6) is -0.460. The van der Waals surface area contributed by atoms with Crippen LogP contribution in [-0.4, -0.2) is 38.4 Å². The van der Waals surface area contributed by atoms with Crippen molar-refractivity contribution in [2.45, 2.75) is 6.54 Å². The molecule has 0 aliphatic rings. The number of hydrogen-bond acceptors (Lipinski definition) is 5. The largest absolute Gasteiger partial charge is 0.350 e. The minimum atomic E-state index is -1.11. The van der Waals surface area contributed by atoms with Crippen LogP contribution in [0.4, 0.5) is 5.69 Å². The maximum Gasteiger partial charge on any atom is 0.350 e. The molecule has 1 aromatic rings. The van der Waals surface area contributed by atoms with Crippen molar-refractivity contribution in [2.75, 3.05) is 13.1 Å². The van der Waals surface area contributed by atoms with Gasteiger partial charge in [0.1, 0.15) is 6.54 Å². The lowest BCUT2D eigenvalue weighted by Crippen LogP contribution is -2.39. The van der Waals surface area contributed by atoms with Crippen LogP contribution in [0.2, 0.25) is 0 Å². The van der Waals surface area contributed by atoms with Gasteiger partial charge in [-0.05, 0) is 0 Å². The van der Waals surface area contributed by atoms with Crippen molar-refractivity contribution in [1.29, 1.82) is 0 Å². The van der Waals surface area contributed by atoms with Gasteiger partial charge in [0.25, 0.3) is 0 Å². The van der Waals surface area contributed by atoms with Crippen LogP contribution in [0.15, 0.2) is 41.1 Å². The van der Waals surface area contributed by atoms with E-state index in [1.54, 1.807) is 4.98 Å². The van der Waals surface area contributed by atoms with Gasteiger partial charge >= 0.3 is 16.9 Å². The van der Waals surface area contributed by atoms with Gasteiger partial charge in [0.15, 0.2) is 0 Å². The highest BCUT2D eigenvalue weighted by atomic mass is 16.6. The Labute approximate surface area is 119 Å². The molecule has 1 aromatic heterocycles. The highest BCUT2D eigenvalue weighted by molar-refractivity contribution is 5.76. The second kappa shape index (κ2) is 6.98. The van der Waals surface area contributed by atoms with E-state index in [2.05, 4.69) is 13.2 Å². The number of aromatic amines is 1. The first kappa shape index (κ1) is 16.1. The van der Waals surface area contributed by atoms with Crippen molar-refractivity contribution in [2.24, 2.45) is 0 Å². The molecular formula is C12H14N4O5. The predicted molar refractivity (Wildman–Crippen MR) is 75.0 cm³/mol. The Morgan fingerprint density at radius 3 is 2.43 bits per heavy atom. The normalized spacial score (nSPS) is 9.90. The highest BCUT2D eigenvalue weighted by Gasteiger charge is 2.18. The molecule has 0 aliphatic carbocycles. The molecule has 0 spiro atoms. The summed E-state index contributed by atoms with van der Waals surface area (Å²) in [7, 11) is 0. The molecule has 9 heteroatoms. The molecule has 21 heavy (non-hydrogen) atoms. The van der Waals surface area contributed by atoms with Gasteiger partial charge in [-0.15, -0.1) is 13.2 Å². The van der Waals surface area contributed by atoms with Crippen LogP contribution < -0.4 is 11.2 Å². The van der Waals surface area contributed by atoms with Crippen LogP contribution in [0, 0.1) is 10.1 Å². The predicted octanol–water partition coefficient (Wildman–Crippen LogP) is -0.355. The van der Waals surface area contributed by atoms with Crippen LogP contribution in [0.5, 0.6) is 0 Å². The second-order valence-electron chi connectivity index (χ2n) is 4.03. The van der Waals surface area contributed by atoms with Gasteiger partial charge in [-0.25, -0.2) is 4.79 Å². The standard InChI is InChI=1S/C12H14N4O5/c1-3-5-14(6-4-2)10(17)8-15-7-9(16(20)21)11(18)13-12(15)19/h3-4,7H,1-2,5-6,8H2,(H,13,18,19). The van der Waals surface area contributed by atoms with E-state index in [-0.39, 0.29) is 13.1 Å². The van der Waals surface area contributed by atoms with Gasteiger partial charge in [0, 0.05) is 13.1 Å². The number of rotatable bonds is 7. The van der Waals surface area contributed by atoms with Crippen molar-refractivity contribution in [3.05, 3.63) is 62.5 Å². The van der Waals surface area contributed by atoms with E-state index < -0.39 is 34.3 Å². The third kappa shape index (κ3) is 4.00. The van der Waals surface area contributed by atoms with Crippen molar-refractivity contribution < 1.29 is 9.72 Å². The number of nitrogens with zero attached hydrogens (tertiary/aromatic N) is 3. The summed E-state index contributed by atoms with van der Waals surface area (Å²) >= 11 is 0. The fraction of sp³-hybridized carbons (Fsp3) is 0.250. The quantitative estimate of drug-likeness (QED) is 0.418. The fourth-order valence-electron chi connectivity index (χ4n) is 1.58. The number of nitro groups is 1. The summed E-state index contributed by atoms with van der Waals surface area (Å²) in [6, 6.07) is 0. The molecule has 1 rings (SSSR count). The van der Waals surface area contributed by atoms with E-state index in [4.69, 9.17) is 0 Å². The lowest BCUT2D eigenvalue weighted by molar-refractivity contribution is -0.386. The Kier molecular flexibility index (Phi) is 5.35. The van der Waals surface area contributed by atoms with E-state index in [9.17, 15) is 24.5 Å². The third-order valence-corrected chi connectivity index (χ3v) is 2.55. The lowest BCUT2D eigenvalue weighted by atomic mass is 10.4. The average Bonchev–Trinajstić information content (AvgIpc) is 2.41. The molecule has 0 fully saturated rings. The molecule has 112 valence electrons. The number of aromatic nitrogens is 2. The number of carbonyl (C=O) groups excluding carboxylic acids is 1. The number of H-pyrrole nitrogens is 1. The molecule has 0 unspecified atom stereocenters. The van der Waals surface area contributed by atoms with Crippen molar-refractivity contribution >= 4 is 11.6 Å². The second-order valence-corrected chi connectivity index (χ2v) is 4.03. The van der Waals surface area contributed by atoms with Crippen molar-refractivity contribution in [1.82, 2.24) is 14.5 Å². The highest BCUT2D eigenvalue weighted by Crippen LogP contribution is 2.00. The maximum atomic E-state index is 12.0. The molecule has 9 nitrogen and oxygen atoms in total. The number of carbonyl (C=O) groups is 1. The fourth-order valence-corrected chi connectivity index (χ4v) is 1.58. The van der Waals surface area contributed by atoms with E-state index in [1.807, 2.05) is 0 Å². The van der Waals surface area contributed by atoms with Gasteiger partial charge in [-0.1, -0.05) is 12.2 Å². The molecule has 1 heterocycles. The Morgan fingerprint density at radius 1 is 1.38 bits per heavy atom. The number of hydrogen-bond donors (Lipinski definition) is 1. The Balaban J connectivity index is 3.09. The van der Waals surface area contributed by atoms with E-state index >= 15 is 0 Å². The zero-order chi connectivity index (χ0) is 16.0. The molecule has 1 N–H and O–H groups in total. The zero-order valence-corrected chi connectivity index (χ0v) is 11.2. The molecule has 0 aliphatic heterocycles. The molecule has 0 atom stereocenters. The van der Waals surface area contributed by atoms with Crippen LogP contribution in [0.25, 0.3) is 0 Å². The van der Waals surface area contributed by atoms with Crippen molar-refractivity contribution in [3.63, 3.8) is 0 Å². The summed E-state index contributed by atoms with van der Waals surface area (Å²) in [5.41, 5.74) is -2.81.